The maximum absolute atomic E-state index is 13.0. The normalized spacial score (nSPS) is 13.9. The van der Waals surface area contributed by atoms with Crippen molar-refractivity contribution >= 4 is 11.8 Å². The summed E-state index contributed by atoms with van der Waals surface area (Å²) in [5.41, 5.74) is 1.37. The van der Waals surface area contributed by atoms with Gasteiger partial charge in [-0.15, -0.1) is 6.58 Å². The van der Waals surface area contributed by atoms with Crippen molar-refractivity contribution in [3.63, 3.8) is 0 Å². The molecule has 7 nitrogen and oxygen atoms in total. The Bertz CT molecular complexity index is 852. The predicted octanol–water partition coefficient (Wildman–Crippen LogP) is 2.62. The van der Waals surface area contributed by atoms with Crippen LogP contribution in [0, 0.1) is 0 Å². The predicted molar refractivity (Wildman–Crippen MR) is 104 cm³/mol. The van der Waals surface area contributed by atoms with Crippen LogP contribution in [0.5, 0.6) is 11.5 Å². The van der Waals surface area contributed by atoms with Crippen LogP contribution in [0.1, 0.15) is 26.5 Å². The molecule has 28 heavy (non-hydrogen) atoms. The number of carbonyl (C=O) groups is 2. The molecule has 0 spiro atoms. The van der Waals surface area contributed by atoms with Crippen molar-refractivity contribution in [1.82, 2.24) is 9.80 Å². The lowest BCUT2D eigenvalue weighted by atomic mass is 10.0. The molecule has 1 aromatic carbocycles. The van der Waals surface area contributed by atoms with Gasteiger partial charge in [0, 0.05) is 37.3 Å². The summed E-state index contributed by atoms with van der Waals surface area (Å²) in [5, 5.41) is 0. The standard InChI is InChI=1S/C21H24N2O5/c1-4-6-15-13-16(14-18(26-2)19(15)27-3)20(24)22-8-10-23(11-9-22)21(25)17-7-5-12-28-17/h4-5,7,12-14H,1,6,8-11H2,2-3H3. The van der Waals surface area contributed by atoms with Crippen LogP contribution in [0.25, 0.3) is 0 Å². The molecule has 0 unspecified atom stereocenters. The summed E-state index contributed by atoms with van der Waals surface area (Å²) in [5.74, 6) is 1.17. The molecule has 1 aliphatic rings. The molecular weight excluding hydrogens is 360 g/mol. The molecule has 0 bridgehead atoms. The van der Waals surface area contributed by atoms with Gasteiger partial charge in [0.05, 0.1) is 20.5 Å². The van der Waals surface area contributed by atoms with Gasteiger partial charge in [-0.1, -0.05) is 6.08 Å². The first-order chi connectivity index (χ1) is 13.6. The van der Waals surface area contributed by atoms with Crippen molar-refractivity contribution in [1.29, 1.82) is 0 Å². The van der Waals surface area contributed by atoms with Gasteiger partial charge in [-0.25, -0.2) is 0 Å². The minimum atomic E-state index is -0.156. The van der Waals surface area contributed by atoms with Crippen LogP contribution >= 0.6 is 0 Å². The molecule has 1 aliphatic heterocycles. The van der Waals surface area contributed by atoms with Crippen molar-refractivity contribution < 1.29 is 23.5 Å². The number of furan rings is 1. The lowest BCUT2D eigenvalue weighted by Crippen LogP contribution is -2.50. The third-order valence-electron chi connectivity index (χ3n) is 4.75. The first-order valence-electron chi connectivity index (χ1n) is 9.07. The summed E-state index contributed by atoms with van der Waals surface area (Å²) in [6.45, 7) is 5.58. The van der Waals surface area contributed by atoms with Crippen LogP contribution in [0.15, 0.2) is 47.6 Å². The SMILES string of the molecule is C=CCc1cc(C(=O)N2CCN(C(=O)c3ccco3)CC2)cc(OC)c1OC. The van der Waals surface area contributed by atoms with Gasteiger partial charge in [0.15, 0.2) is 17.3 Å². The Balaban J connectivity index is 1.73. The minimum Gasteiger partial charge on any atom is -0.493 e. The van der Waals surface area contributed by atoms with Gasteiger partial charge in [0.25, 0.3) is 11.8 Å². The van der Waals surface area contributed by atoms with Gasteiger partial charge in [-0.2, -0.15) is 0 Å². The monoisotopic (exact) mass is 384 g/mol. The number of ether oxygens (including phenoxy) is 2. The van der Waals surface area contributed by atoms with Gasteiger partial charge in [-0.05, 0) is 30.7 Å². The Morgan fingerprint density at radius 1 is 1.11 bits per heavy atom. The highest BCUT2D eigenvalue weighted by atomic mass is 16.5. The average molecular weight is 384 g/mol. The van der Waals surface area contributed by atoms with Crippen LogP contribution in [-0.4, -0.2) is 62.0 Å². The zero-order valence-corrected chi connectivity index (χ0v) is 16.1. The second-order valence-electron chi connectivity index (χ2n) is 6.43. The van der Waals surface area contributed by atoms with Crippen molar-refractivity contribution in [2.75, 3.05) is 40.4 Å². The van der Waals surface area contributed by atoms with E-state index in [1.54, 1.807) is 48.3 Å². The Labute approximate surface area is 164 Å². The highest BCUT2D eigenvalue weighted by molar-refractivity contribution is 5.96. The highest BCUT2D eigenvalue weighted by Gasteiger charge is 2.27. The molecule has 3 rings (SSSR count). The van der Waals surface area contributed by atoms with E-state index in [1.807, 2.05) is 6.07 Å². The number of piperazine rings is 1. The lowest BCUT2D eigenvalue weighted by Gasteiger charge is -2.34. The number of allylic oxidation sites excluding steroid dienone is 1. The lowest BCUT2D eigenvalue weighted by molar-refractivity contribution is 0.0518. The van der Waals surface area contributed by atoms with E-state index in [0.717, 1.165) is 5.56 Å². The summed E-state index contributed by atoms with van der Waals surface area (Å²) in [6, 6.07) is 6.83. The average Bonchev–Trinajstić information content (AvgIpc) is 3.27. The molecular formula is C21H24N2O5. The van der Waals surface area contributed by atoms with Crippen LogP contribution in [0.3, 0.4) is 0 Å². The summed E-state index contributed by atoms with van der Waals surface area (Å²) in [7, 11) is 3.12. The number of hydrogen-bond acceptors (Lipinski definition) is 5. The fourth-order valence-electron chi connectivity index (χ4n) is 3.33. The number of amides is 2. The van der Waals surface area contributed by atoms with E-state index in [9.17, 15) is 9.59 Å². The van der Waals surface area contributed by atoms with Crippen molar-refractivity contribution in [2.45, 2.75) is 6.42 Å². The van der Waals surface area contributed by atoms with Crippen molar-refractivity contribution in [2.24, 2.45) is 0 Å². The Kier molecular flexibility index (Phi) is 6.03. The van der Waals surface area contributed by atoms with E-state index in [0.29, 0.717) is 55.4 Å². The molecule has 2 amide bonds. The maximum atomic E-state index is 13.0. The number of rotatable bonds is 6. The van der Waals surface area contributed by atoms with Crippen LogP contribution < -0.4 is 9.47 Å². The maximum Gasteiger partial charge on any atom is 0.289 e. The zero-order chi connectivity index (χ0) is 20.1. The van der Waals surface area contributed by atoms with E-state index in [2.05, 4.69) is 6.58 Å². The van der Waals surface area contributed by atoms with Crippen LogP contribution in [0.2, 0.25) is 0 Å². The van der Waals surface area contributed by atoms with Gasteiger partial charge in [-0.3, -0.25) is 9.59 Å². The molecule has 148 valence electrons. The van der Waals surface area contributed by atoms with Gasteiger partial charge in [0.1, 0.15) is 0 Å². The molecule has 0 N–H and O–H groups in total. The molecule has 0 saturated carbocycles. The molecule has 0 radical (unpaired) electrons. The minimum absolute atomic E-state index is 0.101. The summed E-state index contributed by atoms with van der Waals surface area (Å²) >= 11 is 0. The van der Waals surface area contributed by atoms with Crippen molar-refractivity contribution in [3.05, 3.63) is 60.1 Å². The van der Waals surface area contributed by atoms with E-state index < -0.39 is 0 Å². The smallest absolute Gasteiger partial charge is 0.289 e. The number of hydrogen-bond donors (Lipinski definition) is 0. The molecule has 1 fully saturated rings. The first kappa shape index (κ1) is 19.5. The van der Waals surface area contributed by atoms with Crippen LogP contribution in [-0.2, 0) is 6.42 Å². The molecule has 2 aromatic rings. The molecule has 2 heterocycles. The third-order valence-corrected chi connectivity index (χ3v) is 4.75. The summed E-state index contributed by atoms with van der Waals surface area (Å²) in [4.78, 5) is 28.8. The first-order valence-corrected chi connectivity index (χ1v) is 9.07. The van der Waals surface area contributed by atoms with Crippen molar-refractivity contribution in [3.8, 4) is 11.5 Å². The highest BCUT2D eigenvalue weighted by Crippen LogP contribution is 2.33. The fraction of sp³-hybridized carbons (Fsp3) is 0.333. The Morgan fingerprint density at radius 2 is 1.79 bits per heavy atom. The zero-order valence-electron chi connectivity index (χ0n) is 16.1. The molecule has 1 saturated heterocycles. The topological polar surface area (TPSA) is 72.2 Å². The third kappa shape index (κ3) is 3.88. The number of methoxy groups -OCH3 is 2. The fourth-order valence-corrected chi connectivity index (χ4v) is 3.33. The molecule has 1 aromatic heterocycles. The molecule has 7 heteroatoms. The number of nitrogens with zero attached hydrogens (tertiary/aromatic N) is 2. The quantitative estimate of drug-likeness (QED) is 0.716. The second-order valence-corrected chi connectivity index (χ2v) is 6.43. The molecule has 0 aliphatic carbocycles. The number of benzene rings is 1. The van der Waals surface area contributed by atoms with E-state index >= 15 is 0 Å². The Hall–Kier alpha value is -3.22. The summed E-state index contributed by atoms with van der Waals surface area (Å²) in [6.07, 6.45) is 3.79. The molecule has 0 atom stereocenters. The Morgan fingerprint density at radius 3 is 2.32 bits per heavy atom. The van der Waals surface area contributed by atoms with E-state index in [-0.39, 0.29) is 11.8 Å². The van der Waals surface area contributed by atoms with Gasteiger partial charge >= 0.3 is 0 Å². The largest absolute Gasteiger partial charge is 0.493 e. The number of carbonyl (C=O) groups excluding carboxylic acids is 2. The second kappa shape index (κ2) is 8.65. The van der Waals surface area contributed by atoms with Crippen LogP contribution in [0.4, 0.5) is 0 Å². The van der Waals surface area contributed by atoms with Gasteiger partial charge in [0.2, 0.25) is 0 Å². The van der Waals surface area contributed by atoms with Gasteiger partial charge < -0.3 is 23.7 Å². The van der Waals surface area contributed by atoms with E-state index in [1.165, 1.54) is 6.26 Å². The van der Waals surface area contributed by atoms with E-state index in [4.69, 9.17) is 13.9 Å². The summed E-state index contributed by atoms with van der Waals surface area (Å²) < 4.78 is 16.0.